The number of nitrogens with one attached hydrogen (secondary N) is 1. The minimum Gasteiger partial charge on any atom is -0.481 e. The molecule has 1 heterocycles. The molecule has 0 spiro atoms. The predicted molar refractivity (Wildman–Crippen MR) is 73.5 cm³/mol. The van der Waals surface area contributed by atoms with Crippen LogP contribution in [0.5, 0.6) is 0 Å². The molecule has 2 rings (SSSR count). The highest BCUT2D eigenvalue weighted by Crippen LogP contribution is 2.37. The van der Waals surface area contributed by atoms with E-state index < -0.39 is 11.4 Å². The summed E-state index contributed by atoms with van der Waals surface area (Å²) in [5, 5.41) is 12.2. The van der Waals surface area contributed by atoms with E-state index in [4.69, 9.17) is 4.74 Å². The summed E-state index contributed by atoms with van der Waals surface area (Å²) in [5.74, 6) is -0.793. The van der Waals surface area contributed by atoms with Gasteiger partial charge in [0.2, 0.25) is 0 Å². The Kier molecular flexibility index (Phi) is 4.52. The molecule has 0 bridgehead atoms. The predicted octanol–water partition coefficient (Wildman–Crippen LogP) is 1.45. The molecule has 0 radical (unpaired) electrons. The Morgan fingerprint density at radius 1 is 1.25 bits per heavy atom. The number of morpholine rings is 1. The number of hydrogen-bond acceptors (Lipinski definition) is 3. The van der Waals surface area contributed by atoms with E-state index in [0.717, 1.165) is 12.8 Å². The maximum absolute atomic E-state index is 12.2. The van der Waals surface area contributed by atoms with Crippen LogP contribution in [-0.4, -0.2) is 53.8 Å². The summed E-state index contributed by atoms with van der Waals surface area (Å²) in [5.41, 5.74) is -0.765. The molecule has 20 heavy (non-hydrogen) atoms. The lowest BCUT2D eigenvalue weighted by Gasteiger charge is -2.36. The van der Waals surface area contributed by atoms with E-state index in [9.17, 15) is 14.7 Å². The maximum atomic E-state index is 12.2. The summed E-state index contributed by atoms with van der Waals surface area (Å²) in [6.45, 7) is 5.20. The van der Waals surface area contributed by atoms with Crippen LogP contribution in [0.3, 0.4) is 0 Å². The van der Waals surface area contributed by atoms with E-state index in [2.05, 4.69) is 5.32 Å². The van der Waals surface area contributed by atoms with Gasteiger partial charge in [0, 0.05) is 19.6 Å². The molecule has 0 aromatic heterocycles. The molecule has 2 fully saturated rings. The van der Waals surface area contributed by atoms with Crippen molar-refractivity contribution in [3.8, 4) is 0 Å². The van der Waals surface area contributed by atoms with Crippen LogP contribution < -0.4 is 5.32 Å². The van der Waals surface area contributed by atoms with Crippen molar-refractivity contribution in [1.82, 2.24) is 10.2 Å². The molecular formula is C14H24N2O4. The molecule has 1 aliphatic carbocycles. The van der Waals surface area contributed by atoms with Crippen LogP contribution in [0.25, 0.3) is 0 Å². The van der Waals surface area contributed by atoms with E-state index in [0.29, 0.717) is 25.9 Å². The smallest absolute Gasteiger partial charge is 0.317 e. The van der Waals surface area contributed by atoms with Gasteiger partial charge in [-0.2, -0.15) is 0 Å². The molecule has 1 saturated heterocycles. The lowest BCUT2D eigenvalue weighted by atomic mass is 9.86. The highest BCUT2D eigenvalue weighted by atomic mass is 16.5. The Morgan fingerprint density at radius 2 is 1.80 bits per heavy atom. The Balaban J connectivity index is 1.89. The molecule has 2 atom stereocenters. The third kappa shape index (κ3) is 3.23. The van der Waals surface area contributed by atoms with Crippen LogP contribution in [0.2, 0.25) is 0 Å². The van der Waals surface area contributed by atoms with Crippen molar-refractivity contribution in [2.75, 3.05) is 19.6 Å². The second-order valence-electron chi connectivity index (χ2n) is 6.11. The first kappa shape index (κ1) is 15.1. The highest BCUT2D eigenvalue weighted by Gasteiger charge is 2.41. The van der Waals surface area contributed by atoms with Crippen LogP contribution in [-0.2, 0) is 9.53 Å². The average Bonchev–Trinajstić information content (AvgIpc) is 2.84. The second-order valence-corrected chi connectivity index (χ2v) is 6.11. The molecular weight excluding hydrogens is 260 g/mol. The van der Waals surface area contributed by atoms with E-state index >= 15 is 0 Å². The number of carboxylic acid groups (broad SMARTS) is 1. The van der Waals surface area contributed by atoms with Crippen LogP contribution in [0.1, 0.15) is 39.5 Å². The zero-order valence-electron chi connectivity index (χ0n) is 12.2. The van der Waals surface area contributed by atoms with E-state index in [1.54, 1.807) is 4.90 Å². The van der Waals surface area contributed by atoms with Crippen molar-refractivity contribution in [3.05, 3.63) is 0 Å². The Labute approximate surface area is 119 Å². The van der Waals surface area contributed by atoms with Crippen LogP contribution >= 0.6 is 0 Å². The van der Waals surface area contributed by atoms with Gasteiger partial charge in [-0.25, -0.2) is 4.79 Å². The van der Waals surface area contributed by atoms with Crippen molar-refractivity contribution in [1.29, 1.82) is 0 Å². The lowest BCUT2D eigenvalue weighted by Crippen LogP contribution is -2.53. The van der Waals surface area contributed by atoms with E-state index in [-0.39, 0.29) is 24.8 Å². The van der Waals surface area contributed by atoms with Gasteiger partial charge in [-0.05, 0) is 26.7 Å². The number of nitrogens with zero attached hydrogens (tertiary/aromatic N) is 1. The fourth-order valence-electron chi connectivity index (χ4n) is 3.22. The number of urea groups is 1. The molecule has 2 aliphatic rings. The molecule has 0 unspecified atom stereocenters. The number of ether oxygens (including phenoxy) is 1. The van der Waals surface area contributed by atoms with Crippen molar-refractivity contribution in [3.63, 3.8) is 0 Å². The van der Waals surface area contributed by atoms with Gasteiger partial charge in [-0.1, -0.05) is 12.8 Å². The third-order valence-electron chi connectivity index (χ3n) is 4.30. The highest BCUT2D eigenvalue weighted by molar-refractivity contribution is 5.78. The first-order valence-electron chi connectivity index (χ1n) is 7.34. The van der Waals surface area contributed by atoms with Crippen LogP contribution in [0, 0.1) is 5.41 Å². The molecule has 2 amide bonds. The van der Waals surface area contributed by atoms with Crippen molar-refractivity contribution < 1.29 is 19.4 Å². The number of hydrogen-bond donors (Lipinski definition) is 2. The van der Waals surface area contributed by atoms with E-state index in [1.807, 2.05) is 13.8 Å². The molecule has 0 aromatic carbocycles. The molecule has 2 N–H and O–H groups in total. The average molecular weight is 284 g/mol. The minimum absolute atomic E-state index is 0.0180. The Hall–Kier alpha value is -1.30. The normalized spacial score (nSPS) is 29.2. The molecule has 6 nitrogen and oxygen atoms in total. The first-order valence-corrected chi connectivity index (χ1v) is 7.34. The van der Waals surface area contributed by atoms with Crippen LogP contribution in [0.15, 0.2) is 0 Å². The number of carbonyl (C=O) groups is 2. The SMILES string of the molecule is C[C@@H]1CN(C(=O)NCC2(C(=O)O)CCCC2)C[C@H](C)O1. The standard InChI is InChI=1S/C14H24N2O4/c1-10-7-16(8-11(2)20-10)13(19)15-9-14(12(17)18)5-3-4-6-14/h10-11H,3-9H2,1-2H3,(H,15,19)(H,17,18)/t10-,11+. The largest absolute Gasteiger partial charge is 0.481 e. The third-order valence-corrected chi connectivity index (χ3v) is 4.30. The van der Waals surface area contributed by atoms with Gasteiger partial charge in [0.05, 0.1) is 17.6 Å². The van der Waals surface area contributed by atoms with Gasteiger partial charge in [0.15, 0.2) is 0 Å². The molecule has 6 heteroatoms. The Bertz CT molecular complexity index is 369. The van der Waals surface area contributed by atoms with Gasteiger partial charge in [-0.3, -0.25) is 4.79 Å². The number of amides is 2. The number of carboxylic acids is 1. The minimum atomic E-state index is -0.793. The van der Waals surface area contributed by atoms with Gasteiger partial charge in [0.1, 0.15) is 0 Å². The van der Waals surface area contributed by atoms with Crippen molar-refractivity contribution in [2.24, 2.45) is 5.41 Å². The fraction of sp³-hybridized carbons (Fsp3) is 0.857. The van der Waals surface area contributed by atoms with Gasteiger partial charge >= 0.3 is 12.0 Å². The zero-order valence-corrected chi connectivity index (χ0v) is 12.2. The summed E-state index contributed by atoms with van der Waals surface area (Å²) >= 11 is 0. The lowest BCUT2D eigenvalue weighted by molar-refractivity contribution is -0.148. The number of carbonyl (C=O) groups excluding carboxylic acids is 1. The molecule has 114 valence electrons. The first-order chi connectivity index (χ1) is 9.43. The summed E-state index contributed by atoms with van der Waals surface area (Å²) in [6, 6.07) is -0.181. The molecule has 1 saturated carbocycles. The van der Waals surface area contributed by atoms with Gasteiger partial charge in [0.25, 0.3) is 0 Å². The molecule has 1 aliphatic heterocycles. The van der Waals surface area contributed by atoms with E-state index in [1.165, 1.54) is 0 Å². The number of aliphatic carboxylic acids is 1. The fourth-order valence-corrected chi connectivity index (χ4v) is 3.22. The Morgan fingerprint density at radius 3 is 2.30 bits per heavy atom. The van der Waals surface area contributed by atoms with Gasteiger partial charge < -0.3 is 20.1 Å². The summed E-state index contributed by atoms with van der Waals surface area (Å²) in [4.78, 5) is 25.3. The zero-order chi connectivity index (χ0) is 14.8. The topological polar surface area (TPSA) is 78.9 Å². The summed E-state index contributed by atoms with van der Waals surface area (Å²) in [7, 11) is 0. The number of rotatable bonds is 3. The maximum Gasteiger partial charge on any atom is 0.317 e. The van der Waals surface area contributed by atoms with Crippen molar-refractivity contribution in [2.45, 2.75) is 51.7 Å². The van der Waals surface area contributed by atoms with Crippen molar-refractivity contribution >= 4 is 12.0 Å². The van der Waals surface area contributed by atoms with Gasteiger partial charge in [-0.15, -0.1) is 0 Å². The quantitative estimate of drug-likeness (QED) is 0.822. The van der Waals surface area contributed by atoms with Crippen LogP contribution in [0.4, 0.5) is 4.79 Å². The molecule has 0 aromatic rings. The second kappa shape index (κ2) is 5.99. The summed E-state index contributed by atoms with van der Waals surface area (Å²) < 4.78 is 5.59. The summed E-state index contributed by atoms with van der Waals surface area (Å²) in [6.07, 6.45) is 3.19. The monoisotopic (exact) mass is 284 g/mol.